The van der Waals surface area contributed by atoms with Gasteiger partial charge >= 0.3 is 6.03 Å². The summed E-state index contributed by atoms with van der Waals surface area (Å²) in [5.74, 6) is 0.504. The maximum absolute atomic E-state index is 14.2. The quantitative estimate of drug-likeness (QED) is 0.272. The van der Waals surface area contributed by atoms with Gasteiger partial charge in [-0.05, 0) is 43.4 Å². The number of nitrogens with zero attached hydrogens (tertiary/aromatic N) is 5. The molecule has 0 radical (unpaired) electrons. The van der Waals surface area contributed by atoms with E-state index in [4.69, 9.17) is 14.6 Å². The number of carbonyl (C=O) groups excluding carboxylic acids is 1. The monoisotopic (exact) mass is 557 g/mol. The molecule has 1 aliphatic rings. The molecule has 10 nitrogen and oxygen atoms in total. The number of rotatable bonds is 11. The average molecular weight is 558 g/mol. The molecule has 3 heterocycles. The highest BCUT2D eigenvalue weighted by molar-refractivity contribution is 6.76. The number of hydrogen-bond donors (Lipinski definition) is 2. The molecular formula is C27H40FN7O3Si. The number of piperazine rings is 1. The van der Waals surface area contributed by atoms with Crippen LogP contribution in [0.4, 0.5) is 15.0 Å². The van der Waals surface area contributed by atoms with Crippen LogP contribution in [0.3, 0.4) is 0 Å². The van der Waals surface area contributed by atoms with Crippen molar-refractivity contribution in [2.24, 2.45) is 0 Å². The van der Waals surface area contributed by atoms with Crippen molar-refractivity contribution in [3.05, 3.63) is 36.1 Å². The molecule has 0 saturated carbocycles. The molecule has 12 heteroatoms. The molecule has 212 valence electrons. The van der Waals surface area contributed by atoms with Crippen LogP contribution in [0.25, 0.3) is 22.3 Å². The number of amides is 2. The molecule has 39 heavy (non-hydrogen) atoms. The number of likely N-dealkylation sites (N-methyl/N-ethyl adjacent to an activating group) is 1. The highest BCUT2D eigenvalue weighted by Gasteiger charge is 2.20. The van der Waals surface area contributed by atoms with Crippen molar-refractivity contribution in [3.8, 4) is 17.0 Å². The lowest BCUT2D eigenvalue weighted by Crippen LogP contribution is -2.47. The minimum absolute atomic E-state index is 0.187. The molecule has 2 N–H and O–H groups in total. The summed E-state index contributed by atoms with van der Waals surface area (Å²) in [4.78, 5) is 21.9. The first-order valence-electron chi connectivity index (χ1n) is 13.4. The number of nitrogens with one attached hydrogen (secondary N) is 2. The Hall–Kier alpha value is -3.06. The van der Waals surface area contributed by atoms with E-state index in [1.165, 1.54) is 19.2 Å². The van der Waals surface area contributed by atoms with Crippen LogP contribution in [-0.4, -0.2) is 98.7 Å². The number of hydrogen-bond acceptors (Lipinski definition) is 7. The van der Waals surface area contributed by atoms with Gasteiger partial charge in [-0.25, -0.2) is 18.9 Å². The first-order chi connectivity index (χ1) is 18.6. The van der Waals surface area contributed by atoms with Gasteiger partial charge in [-0.1, -0.05) is 19.6 Å². The zero-order valence-corrected chi connectivity index (χ0v) is 24.6. The highest BCUT2D eigenvalue weighted by atomic mass is 28.3. The number of urea groups is 1. The lowest BCUT2D eigenvalue weighted by Gasteiger charge is -2.32. The second-order valence-electron chi connectivity index (χ2n) is 11.1. The van der Waals surface area contributed by atoms with E-state index in [1.807, 2.05) is 6.07 Å². The summed E-state index contributed by atoms with van der Waals surface area (Å²) < 4.78 is 27.3. The Kier molecular flexibility index (Phi) is 9.54. The van der Waals surface area contributed by atoms with E-state index in [1.54, 1.807) is 16.8 Å². The minimum atomic E-state index is -1.26. The summed E-state index contributed by atoms with van der Waals surface area (Å²) in [5.41, 5.74) is 1.58. The van der Waals surface area contributed by atoms with E-state index < -0.39 is 8.07 Å². The van der Waals surface area contributed by atoms with E-state index in [0.717, 1.165) is 38.8 Å². The number of anilines is 1. The van der Waals surface area contributed by atoms with Crippen molar-refractivity contribution in [2.75, 3.05) is 65.3 Å². The largest absolute Gasteiger partial charge is 0.496 e. The molecule has 0 bridgehead atoms. The van der Waals surface area contributed by atoms with E-state index in [9.17, 15) is 9.18 Å². The molecular weight excluding hydrogens is 517 g/mol. The summed E-state index contributed by atoms with van der Waals surface area (Å²) in [7, 11) is 2.40. The van der Waals surface area contributed by atoms with Crippen LogP contribution in [0.1, 0.15) is 0 Å². The summed E-state index contributed by atoms with van der Waals surface area (Å²) >= 11 is 0. The molecule has 4 rings (SSSR count). The fourth-order valence-corrected chi connectivity index (χ4v) is 5.12. The lowest BCUT2D eigenvalue weighted by molar-refractivity contribution is 0.0814. The SMILES string of the molecule is COc1ccc(F)cc1-c1nn(COCC[Si](C)(C)C)c2nc(NC(=O)NCCN3CCN(C)CC3)ccc12. The summed E-state index contributed by atoms with van der Waals surface area (Å²) in [6, 6.07) is 8.57. The molecule has 2 aromatic heterocycles. The predicted molar refractivity (Wildman–Crippen MR) is 155 cm³/mol. The van der Waals surface area contributed by atoms with Crippen LogP contribution in [-0.2, 0) is 11.5 Å². The minimum Gasteiger partial charge on any atom is -0.496 e. The van der Waals surface area contributed by atoms with Crippen LogP contribution in [0, 0.1) is 5.82 Å². The number of pyridine rings is 1. The zero-order valence-electron chi connectivity index (χ0n) is 23.6. The summed E-state index contributed by atoms with van der Waals surface area (Å²) in [5, 5.41) is 11.2. The van der Waals surface area contributed by atoms with Crippen molar-refractivity contribution in [1.29, 1.82) is 0 Å². The Bertz CT molecular complexity index is 1270. The Morgan fingerprint density at radius 2 is 1.90 bits per heavy atom. The second kappa shape index (κ2) is 12.9. The smallest absolute Gasteiger partial charge is 0.320 e. The number of benzene rings is 1. The van der Waals surface area contributed by atoms with Crippen LogP contribution in [0.5, 0.6) is 5.75 Å². The number of methoxy groups -OCH3 is 1. The van der Waals surface area contributed by atoms with Gasteiger partial charge in [-0.3, -0.25) is 10.2 Å². The standard InChI is InChI=1S/C27H40FN7O3Si/c1-33-12-14-34(15-13-33)11-10-29-27(36)31-24-9-7-21-25(22-18-20(28)6-8-23(22)37-2)32-35(26(21)30-24)19-38-16-17-39(3,4)5/h6-9,18H,10-17,19H2,1-5H3,(H2,29,30,31,36). The van der Waals surface area contributed by atoms with Crippen LogP contribution < -0.4 is 15.4 Å². The van der Waals surface area contributed by atoms with Crippen molar-refractivity contribution in [2.45, 2.75) is 32.4 Å². The molecule has 1 fully saturated rings. The van der Waals surface area contributed by atoms with E-state index >= 15 is 0 Å². The van der Waals surface area contributed by atoms with Gasteiger partial charge in [0.25, 0.3) is 0 Å². The molecule has 0 aliphatic carbocycles. The van der Waals surface area contributed by atoms with Gasteiger partial charge in [0, 0.05) is 64.9 Å². The van der Waals surface area contributed by atoms with E-state index in [2.05, 4.69) is 52.1 Å². The molecule has 0 spiro atoms. The molecule has 1 aliphatic heterocycles. The number of ether oxygens (including phenoxy) is 2. The van der Waals surface area contributed by atoms with Gasteiger partial charge < -0.3 is 19.7 Å². The van der Waals surface area contributed by atoms with Crippen LogP contribution in [0.15, 0.2) is 30.3 Å². The van der Waals surface area contributed by atoms with Gasteiger partial charge in [0.2, 0.25) is 0 Å². The summed E-state index contributed by atoms with van der Waals surface area (Å²) in [6.45, 7) is 13.1. The molecule has 1 saturated heterocycles. The lowest BCUT2D eigenvalue weighted by atomic mass is 10.1. The number of halogens is 1. The average Bonchev–Trinajstić information content (AvgIpc) is 3.25. The molecule has 0 atom stereocenters. The van der Waals surface area contributed by atoms with E-state index in [-0.39, 0.29) is 18.6 Å². The molecule has 3 aromatic rings. The van der Waals surface area contributed by atoms with Crippen LogP contribution >= 0.6 is 0 Å². The Morgan fingerprint density at radius 3 is 2.62 bits per heavy atom. The van der Waals surface area contributed by atoms with Crippen molar-refractivity contribution in [1.82, 2.24) is 29.9 Å². The fourth-order valence-electron chi connectivity index (χ4n) is 4.36. The van der Waals surface area contributed by atoms with E-state index in [0.29, 0.717) is 47.0 Å². The highest BCUT2D eigenvalue weighted by Crippen LogP contribution is 2.35. The fraction of sp³-hybridized carbons (Fsp3) is 0.519. The van der Waals surface area contributed by atoms with Gasteiger partial charge in [0.05, 0.1) is 7.11 Å². The molecule has 0 unspecified atom stereocenters. The normalized spacial score (nSPS) is 15.0. The number of carbonyl (C=O) groups is 1. The topological polar surface area (TPSA) is 96.8 Å². The Labute approximate surface area is 230 Å². The Balaban J connectivity index is 1.51. The first-order valence-corrected chi connectivity index (χ1v) is 17.1. The van der Waals surface area contributed by atoms with Gasteiger partial charge in [0.15, 0.2) is 5.65 Å². The third kappa shape index (κ3) is 7.98. The Morgan fingerprint density at radius 1 is 1.13 bits per heavy atom. The number of aromatic nitrogens is 3. The summed E-state index contributed by atoms with van der Waals surface area (Å²) in [6.07, 6.45) is 0. The van der Waals surface area contributed by atoms with Gasteiger partial charge in [-0.2, -0.15) is 5.10 Å². The second-order valence-corrected chi connectivity index (χ2v) is 16.8. The molecule has 1 aromatic carbocycles. The first kappa shape index (κ1) is 28.9. The third-order valence-corrected chi connectivity index (χ3v) is 8.48. The van der Waals surface area contributed by atoms with Gasteiger partial charge in [-0.15, -0.1) is 0 Å². The maximum atomic E-state index is 14.2. The van der Waals surface area contributed by atoms with Crippen molar-refractivity contribution < 1.29 is 18.7 Å². The van der Waals surface area contributed by atoms with Crippen molar-refractivity contribution in [3.63, 3.8) is 0 Å². The molecule has 2 amide bonds. The zero-order chi connectivity index (χ0) is 28.0. The maximum Gasteiger partial charge on any atom is 0.320 e. The number of fused-ring (bicyclic) bond motifs is 1. The third-order valence-electron chi connectivity index (χ3n) is 6.77. The van der Waals surface area contributed by atoms with Crippen molar-refractivity contribution >= 4 is 31.0 Å². The predicted octanol–water partition coefficient (Wildman–Crippen LogP) is 3.93. The van der Waals surface area contributed by atoms with Gasteiger partial charge in [0.1, 0.15) is 29.8 Å². The van der Waals surface area contributed by atoms with Crippen LogP contribution in [0.2, 0.25) is 25.7 Å².